The van der Waals surface area contributed by atoms with Gasteiger partial charge in [-0.3, -0.25) is 0 Å². The standard InChI is InChI=1S/C14H20F3N3O/c1-2-7-18-13-10-5-3-4-6-11(10)19-12(20-13)8-21-9-14(15,16)17/h2-9H2,1H3,(H,18,19,20). The molecule has 1 heterocycles. The number of alkyl halides is 3. The van der Waals surface area contributed by atoms with E-state index in [9.17, 15) is 13.2 Å². The van der Waals surface area contributed by atoms with Crippen LogP contribution >= 0.6 is 0 Å². The fraction of sp³-hybridized carbons (Fsp3) is 0.714. The second-order valence-corrected chi connectivity index (χ2v) is 5.16. The summed E-state index contributed by atoms with van der Waals surface area (Å²) in [5.41, 5.74) is 2.05. The summed E-state index contributed by atoms with van der Waals surface area (Å²) >= 11 is 0. The van der Waals surface area contributed by atoms with E-state index in [1.807, 2.05) is 6.92 Å². The van der Waals surface area contributed by atoms with E-state index >= 15 is 0 Å². The first kappa shape index (κ1) is 16.0. The molecule has 0 fully saturated rings. The maximum absolute atomic E-state index is 12.1. The first-order valence-corrected chi connectivity index (χ1v) is 7.26. The Morgan fingerprint density at radius 2 is 1.95 bits per heavy atom. The lowest BCUT2D eigenvalue weighted by Crippen LogP contribution is -2.19. The Morgan fingerprint density at radius 3 is 2.67 bits per heavy atom. The minimum absolute atomic E-state index is 0.215. The van der Waals surface area contributed by atoms with Crippen molar-refractivity contribution in [3.05, 3.63) is 17.1 Å². The summed E-state index contributed by atoms with van der Waals surface area (Å²) in [4.78, 5) is 8.69. The van der Waals surface area contributed by atoms with Crippen LogP contribution in [0.5, 0.6) is 0 Å². The Labute approximate surface area is 122 Å². The predicted molar refractivity (Wildman–Crippen MR) is 73.2 cm³/mol. The van der Waals surface area contributed by atoms with Gasteiger partial charge >= 0.3 is 6.18 Å². The molecule has 1 aromatic heterocycles. The molecular weight excluding hydrogens is 283 g/mol. The molecule has 1 aliphatic rings. The average molecular weight is 303 g/mol. The highest BCUT2D eigenvalue weighted by molar-refractivity contribution is 5.47. The topological polar surface area (TPSA) is 47.0 Å². The van der Waals surface area contributed by atoms with Crippen molar-refractivity contribution in [2.24, 2.45) is 0 Å². The quantitative estimate of drug-likeness (QED) is 0.876. The number of aryl methyl sites for hydroxylation is 1. The van der Waals surface area contributed by atoms with E-state index in [4.69, 9.17) is 0 Å². The normalized spacial score (nSPS) is 14.9. The van der Waals surface area contributed by atoms with E-state index in [1.165, 1.54) is 0 Å². The van der Waals surface area contributed by atoms with Gasteiger partial charge in [0.2, 0.25) is 0 Å². The second kappa shape index (κ2) is 7.06. The van der Waals surface area contributed by atoms with Crippen molar-refractivity contribution in [3.63, 3.8) is 0 Å². The molecule has 1 aromatic rings. The monoisotopic (exact) mass is 303 g/mol. The summed E-state index contributed by atoms with van der Waals surface area (Å²) in [6.45, 7) is 1.35. The van der Waals surface area contributed by atoms with Crippen LogP contribution in [0.1, 0.15) is 43.3 Å². The smallest absolute Gasteiger partial charge is 0.370 e. The van der Waals surface area contributed by atoms with Crippen LogP contribution in [0.15, 0.2) is 0 Å². The fourth-order valence-corrected chi connectivity index (χ4v) is 2.36. The van der Waals surface area contributed by atoms with Gasteiger partial charge < -0.3 is 10.1 Å². The van der Waals surface area contributed by atoms with Gasteiger partial charge in [0, 0.05) is 17.8 Å². The number of hydrogen-bond acceptors (Lipinski definition) is 4. The predicted octanol–water partition coefficient (Wildman–Crippen LogP) is 3.26. The molecule has 0 unspecified atom stereocenters. The number of nitrogens with zero attached hydrogens (tertiary/aromatic N) is 2. The number of ether oxygens (including phenoxy) is 1. The summed E-state index contributed by atoms with van der Waals surface area (Å²) in [5, 5.41) is 3.24. The Hall–Kier alpha value is -1.37. The van der Waals surface area contributed by atoms with Crippen LogP contribution in [0.25, 0.3) is 0 Å². The average Bonchev–Trinajstić information content (AvgIpc) is 2.43. The fourth-order valence-electron chi connectivity index (χ4n) is 2.36. The second-order valence-electron chi connectivity index (χ2n) is 5.16. The van der Waals surface area contributed by atoms with Crippen LogP contribution in [0.3, 0.4) is 0 Å². The van der Waals surface area contributed by atoms with Gasteiger partial charge in [0.1, 0.15) is 19.0 Å². The minimum Gasteiger partial charge on any atom is -0.370 e. The molecule has 0 aliphatic heterocycles. The first-order valence-electron chi connectivity index (χ1n) is 7.26. The zero-order valence-electron chi connectivity index (χ0n) is 12.1. The zero-order chi connectivity index (χ0) is 15.3. The maximum atomic E-state index is 12.1. The van der Waals surface area contributed by atoms with E-state index in [0.29, 0.717) is 5.82 Å². The molecule has 0 saturated heterocycles. The third kappa shape index (κ3) is 4.84. The van der Waals surface area contributed by atoms with Gasteiger partial charge in [-0.1, -0.05) is 6.92 Å². The SMILES string of the molecule is CCCNc1nc(COCC(F)(F)F)nc2c1CCCC2. The molecule has 0 aromatic carbocycles. The van der Waals surface area contributed by atoms with Crippen LogP contribution < -0.4 is 5.32 Å². The van der Waals surface area contributed by atoms with Crippen LogP contribution in [-0.4, -0.2) is 29.3 Å². The Balaban J connectivity index is 2.10. The van der Waals surface area contributed by atoms with Crippen LogP contribution in [0.2, 0.25) is 0 Å². The highest BCUT2D eigenvalue weighted by Crippen LogP contribution is 2.26. The number of halogens is 3. The van der Waals surface area contributed by atoms with Gasteiger partial charge in [0.25, 0.3) is 0 Å². The lowest BCUT2D eigenvalue weighted by Gasteiger charge is -2.19. The van der Waals surface area contributed by atoms with Crippen molar-refractivity contribution in [2.45, 2.75) is 51.8 Å². The summed E-state index contributed by atoms with van der Waals surface area (Å²) in [6.07, 6.45) is 0.563. The molecule has 0 bridgehead atoms. The molecule has 0 atom stereocenters. The van der Waals surface area contributed by atoms with Crippen LogP contribution in [0.4, 0.5) is 19.0 Å². The van der Waals surface area contributed by atoms with Crippen molar-refractivity contribution < 1.29 is 17.9 Å². The van der Waals surface area contributed by atoms with Gasteiger partial charge in [-0.05, 0) is 32.1 Å². The number of fused-ring (bicyclic) bond motifs is 1. The maximum Gasteiger partial charge on any atom is 0.411 e. The Morgan fingerprint density at radius 1 is 1.19 bits per heavy atom. The molecule has 21 heavy (non-hydrogen) atoms. The number of rotatable bonds is 6. The number of nitrogens with one attached hydrogen (secondary N) is 1. The van der Waals surface area contributed by atoms with E-state index in [2.05, 4.69) is 20.0 Å². The van der Waals surface area contributed by atoms with E-state index in [1.54, 1.807) is 0 Å². The van der Waals surface area contributed by atoms with Gasteiger partial charge in [-0.2, -0.15) is 13.2 Å². The van der Waals surface area contributed by atoms with Crippen molar-refractivity contribution in [1.29, 1.82) is 0 Å². The molecule has 1 N–H and O–H groups in total. The number of hydrogen-bond donors (Lipinski definition) is 1. The van der Waals surface area contributed by atoms with Gasteiger partial charge in [-0.15, -0.1) is 0 Å². The Kier molecular flexibility index (Phi) is 5.39. The molecule has 4 nitrogen and oxygen atoms in total. The molecule has 118 valence electrons. The largest absolute Gasteiger partial charge is 0.411 e. The van der Waals surface area contributed by atoms with E-state index in [-0.39, 0.29) is 6.61 Å². The number of aromatic nitrogens is 2. The van der Waals surface area contributed by atoms with Gasteiger partial charge in [0.05, 0.1) is 0 Å². The summed E-state index contributed by atoms with van der Waals surface area (Å²) < 4.78 is 41.0. The molecule has 0 radical (unpaired) electrons. The third-order valence-electron chi connectivity index (χ3n) is 3.27. The van der Waals surface area contributed by atoms with E-state index < -0.39 is 12.8 Å². The molecule has 7 heteroatoms. The van der Waals surface area contributed by atoms with Crippen LogP contribution in [0, 0.1) is 0 Å². The summed E-state index contributed by atoms with van der Waals surface area (Å²) in [7, 11) is 0. The molecule has 0 spiro atoms. The molecule has 2 rings (SSSR count). The minimum atomic E-state index is -4.32. The zero-order valence-corrected chi connectivity index (χ0v) is 12.1. The van der Waals surface area contributed by atoms with Crippen LogP contribution in [-0.2, 0) is 24.2 Å². The lowest BCUT2D eigenvalue weighted by molar-refractivity contribution is -0.177. The Bertz CT molecular complexity index is 477. The van der Waals surface area contributed by atoms with Crippen molar-refractivity contribution >= 4 is 5.82 Å². The van der Waals surface area contributed by atoms with Crippen molar-refractivity contribution in [2.75, 3.05) is 18.5 Å². The summed E-state index contributed by atoms with van der Waals surface area (Å²) in [6, 6.07) is 0. The summed E-state index contributed by atoms with van der Waals surface area (Å²) in [5.74, 6) is 1.07. The molecular formula is C14H20F3N3O. The first-order chi connectivity index (χ1) is 9.99. The highest BCUT2D eigenvalue weighted by Gasteiger charge is 2.27. The van der Waals surface area contributed by atoms with Crippen molar-refractivity contribution in [1.82, 2.24) is 9.97 Å². The number of anilines is 1. The molecule has 1 aliphatic carbocycles. The highest BCUT2D eigenvalue weighted by atomic mass is 19.4. The van der Waals surface area contributed by atoms with Crippen molar-refractivity contribution in [3.8, 4) is 0 Å². The van der Waals surface area contributed by atoms with Gasteiger partial charge in [0.15, 0.2) is 5.82 Å². The third-order valence-corrected chi connectivity index (χ3v) is 3.27. The van der Waals surface area contributed by atoms with E-state index in [0.717, 1.165) is 55.7 Å². The molecule has 0 saturated carbocycles. The van der Waals surface area contributed by atoms with Gasteiger partial charge in [-0.25, -0.2) is 9.97 Å². The lowest BCUT2D eigenvalue weighted by atomic mass is 9.96. The molecule has 0 amide bonds.